The van der Waals surface area contributed by atoms with E-state index < -0.39 is 0 Å². The molecule has 0 fully saturated rings. The first kappa shape index (κ1) is 17.0. The van der Waals surface area contributed by atoms with Crippen molar-refractivity contribution in [3.63, 3.8) is 0 Å². The highest BCUT2D eigenvalue weighted by Gasteiger charge is 2.33. The van der Waals surface area contributed by atoms with Crippen LogP contribution in [-0.4, -0.2) is 36.6 Å². The molecule has 2 heterocycles. The predicted octanol–water partition coefficient (Wildman–Crippen LogP) is 3.73. The molecular formula is C21H21N5O. The molecule has 3 aromatic rings. The largest absolute Gasteiger partial charge is 0.347 e. The maximum absolute atomic E-state index is 12.9. The number of amides is 2. The Morgan fingerprint density at radius 2 is 1.70 bits per heavy atom. The van der Waals surface area contributed by atoms with Gasteiger partial charge in [-0.1, -0.05) is 48.5 Å². The van der Waals surface area contributed by atoms with Crippen LogP contribution in [0, 0.1) is 0 Å². The van der Waals surface area contributed by atoms with Crippen molar-refractivity contribution >= 4 is 23.4 Å². The fourth-order valence-electron chi connectivity index (χ4n) is 3.38. The lowest BCUT2D eigenvalue weighted by atomic mass is 9.93. The minimum atomic E-state index is -0.179. The van der Waals surface area contributed by atoms with Gasteiger partial charge in [0.1, 0.15) is 0 Å². The number of hydrogen-bond donors (Lipinski definition) is 1. The van der Waals surface area contributed by atoms with Gasteiger partial charge in [0.25, 0.3) is 0 Å². The molecule has 1 aliphatic heterocycles. The summed E-state index contributed by atoms with van der Waals surface area (Å²) in [5.74, 6) is 0.768. The van der Waals surface area contributed by atoms with E-state index in [0.29, 0.717) is 18.2 Å². The third-order valence-electron chi connectivity index (χ3n) is 4.70. The van der Waals surface area contributed by atoms with Crippen LogP contribution in [0.25, 0.3) is 0 Å². The first-order valence-electron chi connectivity index (χ1n) is 8.85. The molecule has 0 saturated heterocycles. The van der Waals surface area contributed by atoms with Crippen LogP contribution in [0.1, 0.15) is 17.0 Å². The average molecular weight is 359 g/mol. The first-order valence-corrected chi connectivity index (χ1v) is 8.85. The van der Waals surface area contributed by atoms with Crippen LogP contribution in [0.5, 0.6) is 0 Å². The van der Waals surface area contributed by atoms with Gasteiger partial charge in [0.2, 0.25) is 5.95 Å². The number of carbonyl (C=O) groups is 1. The highest BCUT2D eigenvalue weighted by atomic mass is 16.2. The Morgan fingerprint density at radius 3 is 2.41 bits per heavy atom. The minimum Gasteiger partial charge on any atom is -0.347 e. The van der Waals surface area contributed by atoms with Crippen LogP contribution in [-0.2, 0) is 0 Å². The molecule has 0 radical (unpaired) electrons. The molecule has 4 rings (SSSR count). The number of urea groups is 1. The molecule has 0 spiro atoms. The van der Waals surface area contributed by atoms with Gasteiger partial charge in [-0.15, -0.1) is 0 Å². The van der Waals surface area contributed by atoms with Crippen molar-refractivity contribution in [2.75, 3.05) is 35.8 Å². The Kier molecular flexibility index (Phi) is 4.46. The third-order valence-corrected chi connectivity index (χ3v) is 4.70. The van der Waals surface area contributed by atoms with Crippen LogP contribution in [0.15, 0.2) is 67.0 Å². The Morgan fingerprint density at radius 1 is 1.04 bits per heavy atom. The van der Waals surface area contributed by atoms with E-state index in [-0.39, 0.29) is 11.9 Å². The topological polar surface area (TPSA) is 61.4 Å². The van der Waals surface area contributed by atoms with E-state index in [1.807, 2.05) is 55.4 Å². The van der Waals surface area contributed by atoms with Crippen LogP contribution in [0.2, 0.25) is 0 Å². The van der Waals surface area contributed by atoms with E-state index in [1.54, 1.807) is 17.3 Å². The summed E-state index contributed by atoms with van der Waals surface area (Å²) in [6.45, 7) is 0.603. The lowest BCUT2D eigenvalue weighted by Crippen LogP contribution is -2.34. The molecule has 2 aromatic carbocycles. The van der Waals surface area contributed by atoms with Gasteiger partial charge < -0.3 is 10.2 Å². The van der Waals surface area contributed by atoms with Gasteiger partial charge in [0.05, 0.1) is 18.1 Å². The summed E-state index contributed by atoms with van der Waals surface area (Å²) >= 11 is 0. The van der Waals surface area contributed by atoms with Crippen LogP contribution >= 0.6 is 0 Å². The number of nitrogens with one attached hydrogen (secondary N) is 1. The van der Waals surface area contributed by atoms with Crippen LogP contribution in [0.3, 0.4) is 0 Å². The second kappa shape index (κ2) is 7.07. The highest BCUT2D eigenvalue weighted by molar-refractivity contribution is 6.03. The standard InChI is InChI=1S/C21H21N5O/c1-25(2)20-22-12-16(13-23-20)24-21(27)26-14-18(15-8-4-3-5-9-15)17-10-6-7-11-19(17)26/h3-13,18H,14H2,1-2H3,(H,24,27). The summed E-state index contributed by atoms with van der Waals surface area (Å²) in [5.41, 5.74) is 3.89. The number of carbonyl (C=O) groups excluding carboxylic acids is 1. The fraction of sp³-hybridized carbons (Fsp3) is 0.190. The normalized spacial score (nSPS) is 15.3. The van der Waals surface area contributed by atoms with Gasteiger partial charge in [0, 0.05) is 32.2 Å². The van der Waals surface area contributed by atoms with E-state index in [1.165, 1.54) is 5.56 Å². The number of benzene rings is 2. The monoisotopic (exact) mass is 359 g/mol. The Hall–Kier alpha value is -3.41. The molecule has 1 N–H and O–H groups in total. The van der Waals surface area contributed by atoms with Gasteiger partial charge in [-0.2, -0.15) is 0 Å². The number of hydrogen-bond acceptors (Lipinski definition) is 4. The number of aromatic nitrogens is 2. The van der Waals surface area contributed by atoms with Crippen molar-refractivity contribution in [2.24, 2.45) is 0 Å². The zero-order valence-corrected chi connectivity index (χ0v) is 15.3. The smallest absolute Gasteiger partial charge is 0.326 e. The lowest BCUT2D eigenvalue weighted by molar-refractivity contribution is 0.257. The molecule has 1 unspecified atom stereocenters. The van der Waals surface area contributed by atoms with Crippen LogP contribution < -0.4 is 15.1 Å². The Bertz CT molecular complexity index is 940. The molecule has 0 bridgehead atoms. The average Bonchev–Trinajstić information content (AvgIpc) is 3.09. The number of nitrogens with zero attached hydrogens (tertiary/aromatic N) is 4. The summed E-state index contributed by atoms with van der Waals surface area (Å²) < 4.78 is 0. The Labute approximate surface area is 158 Å². The van der Waals surface area contributed by atoms with Gasteiger partial charge in [-0.25, -0.2) is 14.8 Å². The van der Waals surface area contributed by atoms with Crippen molar-refractivity contribution in [3.8, 4) is 0 Å². The van der Waals surface area contributed by atoms with E-state index in [2.05, 4.69) is 33.5 Å². The first-order chi connectivity index (χ1) is 13.1. The van der Waals surface area contributed by atoms with E-state index in [9.17, 15) is 4.79 Å². The summed E-state index contributed by atoms with van der Waals surface area (Å²) in [6, 6.07) is 18.2. The quantitative estimate of drug-likeness (QED) is 0.774. The molecule has 6 heteroatoms. The molecule has 136 valence electrons. The maximum Gasteiger partial charge on any atom is 0.326 e. The van der Waals surface area contributed by atoms with Crippen molar-refractivity contribution in [2.45, 2.75) is 5.92 Å². The summed E-state index contributed by atoms with van der Waals surface area (Å²) in [7, 11) is 3.75. The highest BCUT2D eigenvalue weighted by Crippen LogP contribution is 2.40. The minimum absolute atomic E-state index is 0.167. The Balaban J connectivity index is 1.57. The molecule has 27 heavy (non-hydrogen) atoms. The third kappa shape index (κ3) is 3.33. The number of fused-ring (bicyclic) bond motifs is 1. The van der Waals surface area contributed by atoms with E-state index in [0.717, 1.165) is 11.3 Å². The predicted molar refractivity (Wildman–Crippen MR) is 107 cm³/mol. The zero-order chi connectivity index (χ0) is 18.8. The molecule has 1 aliphatic rings. The molecule has 0 saturated carbocycles. The summed E-state index contributed by atoms with van der Waals surface area (Å²) in [5, 5.41) is 2.91. The van der Waals surface area contributed by atoms with Gasteiger partial charge in [-0.05, 0) is 17.2 Å². The van der Waals surface area contributed by atoms with Crippen molar-refractivity contribution in [1.29, 1.82) is 0 Å². The number of rotatable bonds is 3. The zero-order valence-electron chi connectivity index (χ0n) is 15.3. The van der Waals surface area contributed by atoms with E-state index >= 15 is 0 Å². The van der Waals surface area contributed by atoms with Gasteiger partial charge >= 0.3 is 6.03 Å². The van der Waals surface area contributed by atoms with Crippen LogP contribution in [0.4, 0.5) is 22.1 Å². The van der Waals surface area contributed by atoms with Crippen molar-refractivity contribution in [3.05, 3.63) is 78.1 Å². The molecule has 2 amide bonds. The summed E-state index contributed by atoms with van der Waals surface area (Å²) in [4.78, 5) is 25.0. The molecular weight excluding hydrogens is 338 g/mol. The second-order valence-corrected chi connectivity index (χ2v) is 6.73. The molecule has 1 aromatic heterocycles. The van der Waals surface area contributed by atoms with Gasteiger partial charge in [-0.3, -0.25) is 4.90 Å². The second-order valence-electron chi connectivity index (χ2n) is 6.73. The maximum atomic E-state index is 12.9. The van der Waals surface area contributed by atoms with E-state index in [4.69, 9.17) is 0 Å². The summed E-state index contributed by atoms with van der Waals surface area (Å²) in [6.07, 6.45) is 3.24. The van der Waals surface area contributed by atoms with Crippen molar-refractivity contribution < 1.29 is 4.79 Å². The molecule has 6 nitrogen and oxygen atoms in total. The molecule has 1 atom stereocenters. The van der Waals surface area contributed by atoms with Crippen molar-refractivity contribution in [1.82, 2.24) is 9.97 Å². The lowest BCUT2D eigenvalue weighted by Gasteiger charge is -2.19. The van der Waals surface area contributed by atoms with Gasteiger partial charge in [0.15, 0.2) is 0 Å². The SMILES string of the molecule is CN(C)c1ncc(NC(=O)N2CC(c3ccccc3)c3ccccc32)cn1. The molecule has 0 aliphatic carbocycles. The fourth-order valence-corrected chi connectivity index (χ4v) is 3.38. The number of anilines is 3. The number of para-hydroxylation sites is 1.